The Balaban J connectivity index is 2.12. The predicted molar refractivity (Wildman–Crippen MR) is 71.9 cm³/mol. The van der Waals surface area contributed by atoms with Gasteiger partial charge in [-0.3, -0.25) is 0 Å². The number of piperidine rings is 1. The number of amides is 2. The first-order chi connectivity index (χ1) is 9.00. The van der Waals surface area contributed by atoms with E-state index in [9.17, 15) is 14.7 Å². The molecular formula is C14H22N2O3. The Hall–Kier alpha value is -1.52. The fourth-order valence-corrected chi connectivity index (χ4v) is 3.04. The number of carboxylic acid groups (broad SMARTS) is 1. The Bertz CT molecular complexity index is 405. The van der Waals surface area contributed by atoms with Gasteiger partial charge in [0.25, 0.3) is 0 Å². The molecule has 1 fully saturated rings. The summed E-state index contributed by atoms with van der Waals surface area (Å²) >= 11 is 0. The highest BCUT2D eigenvalue weighted by Crippen LogP contribution is 2.25. The maximum absolute atomic E-state index is 12.5. The van der Waals surface area contributed by atoms with E-state index in [4.69, 9.17) is 0 Å². The number of hydrogen-bond donors (Lipinski definition) is 1. The van der Waals surface area contributed by atoms with Crippen molar-refractivity contribution in [1.82, 2.24) is 9.80 Å². The number of carbonyl (C=O) groups excluding carboxylic acids is 1. The van der Waals surface area contributed by atoms with Gasteiger partial charge >= 0.3 is 12.0 Å². The number of rotatable bonds is 1. The molecular weight excluding hydrogens is 244 g/mol. The number of hydrogen-bond acceptors (Lipinski definition) is 2. The van der Waals surface area contributed by atoms with Crippen LogP contribution in [0.25, 0.3) is 0 Å². The van der Waals surface area contributed by atoms with Crippen molar-refractivity contribution in [2.24, 2.45) is 5.92 Å². The minimum atomic E-state index is -0.884. The SMILES string of the molecule is CC1=CCCN(C(=O)N2CCCC(C)C2C(=O)O)C1. The van der Waals surface area contributed by atoms with Crippen LogP contribution >= 0.6 is 0 Å². The second-order valence-electron chi connectivity index (χ2n) is 5.64. The molecule has 0 saturated carbocycles. The zero-order valence-electron chi connectivity index (χ0n) is 11.6. The van der Waals surface area contributed by atoms with Gasteiger partial charge in [-0.25, -0.2) is 9.59 Å². The van der Waals surface area contributed by atoms with Gasteiger partial charge in [0.05, 0.1) is 0 Å². The minimum Gasteiger partial charge on any atom is -0.480 e. The smallest absolute Gasteiger partial charge is 0.326 e. The zero-order valence-corrected chi connectivity index (χ0v) is 11.6. The molecule has 0 bridgehead atoms. The van der Waals surface area contributed by atoms with Crippen molar-refractivity contribution in [3.8, 4) is 0 Å². The van der Waals surface area contributed by atoms with E-state index in [0.717, 1.165) is 19.3 Å². The largest absolute Gasteiger partial charge is 0.480 e. The van der Waals surface area contributed by atoms with Crippen LogP contribution in [0, 0.1) is 5.92 Å². The van der Waals surface area contributed by atoms with E-state index in [0.29, 0.717) is 19.6 Å². The molecule has 0 aromatic carbocycles. The lowest BCUT2D eigenvalue weighted by Crippen LogP contribution is -2.56. The first kappa shape index (κ1) is 13.9. The monoisotopic (exact) mass is 266 g/mol. The highest BCUT2D eigenvalue weighted by Gasteiger charge is 2.38. The third-order valence-electron chi connectivity index (χ3n) is 4.03. The summed E-state index contributed by atoms with van der Waals surface area (Å²) in [5.74, 6) is -0.860. The molecule has 0 aromatic heterocycles. The number of aliphatic carboxylic acids is 1. The third kappa shape index (κ3) is 2.91. The summed E-state index contributed by atoms with van der Waals surface area (Å²) in [5.41, 5.74) is 1.18. The van der Waals surface area contributed by atoms with Gasteiger partial charge in [-0.15, -0.1) is 0 Å². The van der Waals surface area contributed by atoms with E-state index in [-0.39, 0.29) is 11.9 Å². The van der Waals surface area contributed by atoms with Gasteiger partial charge in [-0.1, -0.05) is 18.6 Å². The Morgan fingerprint density at radius 2 is 2.11 bits per heavy atom. The van der Waals surface area contributed by atoms with Gasteiger partial charge in [0.15, 0.2) is 0 Å². The van der Waals surface area contributed by atoms with Crippen LogP contribution in [0.3, 0.4) is 0 Å². The van der Waals surface area contributed by atoms with Crippen molar-refractivity contribution >= 4 is 12.0 Å². The first-order valence-electron chi connectivity index (χ1n) is 6.94. The molecule has 2 rings (SSSR count). The summed E-state index contributed by atoms with van der Waals surface area (Å²) in [5, 5.41) is 9.35. The van der Waals surface area contributed by atoms with Crippen LogP contribution in [0.4, 0.5) is 4.79 Å². The molecule has 2 amide bonds. The van der Waals surface area contributed by atoms with E-state index in [1.807, 2.05) is 13.8 Å². The normalized spacial score (nSPS) is 28.0. The standard InChI is InChI=1S/C14H22N2O3/c1-10-5-3-7-15(9-10)14(19)16-8-4-6-11(2)12(16)13(17)18/h5,11-12H,3-4,6-9H2,1-2H3,(H,17,18). The summed E-state index contributed by atoms with van der Waals surface area (Å²) in [4.78, 5) is 27.2. The molecule has 2 heterocycles. The molecule has 2 unspecified atom stereocenters. The van der Waals surface area contributed by atoms with Crippen LogP contribution in [0.2, 0.25) is 0 Å². The molecule has 5 nitrogen and oxygen atoms in total. The van der Waals surface area contributed by atoms with Crippen LogP contribution in [-0.2, 0) is 4.79 Å². The van der Waals surface area contributed by atoms with Crippen molar-refractivity contribution in [3.63, 3.8) is 0 Å². The fraction of sp³-hybridized carbons (Fsp3) is 0.714. The molecule has 19 heavy (non-hydrogen) atoms. The average molecular weight is 266 g/mol. The molecule has 1 N–H and O–H groups in total. The topological polar surface area (TPSA) is 60.9 Å². The average Bonchev–Trinajstić information content (AvgIpc) is 2.37. The summed E-state index contributed by atoms with van der Waals surface area (Å²) in [6.45, 7) is 5.79. The van der Waals surface area contributed by atoms with Gasteiger partial charge < -0.3 is 14.9 Å². The van der Waals surface area contributed by atoms with Crippen LogP contribution in [0.5, 0.6) is 0 Å². The Kier molecular flexibility index (Phi) is 4.12. The lowest BCUT2D eigenvalue weighted by Gasteiger charge is -2.40. The van der Waals surface area contributed by atoms with E-state index in [1.165, 1.54) is 5.57 Å². The first-order valence-corrected chi connectivity index (χ1v) is 6.94. The molecule has 0 spiro atoms. The number of carboxylic acids is 1. The van der Waals surface area contributed by atoms with Gasteiger partial charge in [-0.05, 0) is 32.1 Å². The fourth-order valence-electron chi connectivity index (χ4n) is 3.04. The van der Waals surface area contributed by atoms with E-state index in [2.05, 4.69) is 6.08 Å². The van der Waals surface area contributed by atoms with Crippen molar-refractivity contribution in [1.29, 1.82) is 0 Å². The number of likely N-dealkylation sites (tertiary alicyclic amines) is 1. The van der Waals surface area contributed by atoms with Crippen LogP contribution in [-0.4, -0.2) is 52.6 Å². The highest BCUT2D eigenvalue weighted by atomic mass is 16.4. The molecule has 0 aromatic rings. The molecule has 0 radical (unpaired) electrons. The maximum Gasteiger partial charge on any atom is 0.326 e. The number of urea groups is 1. The van der Waals surface area contributed by atoms with E-state index < -0.39 is 12.0 Å². The van der Waals surface area contributed by atoms with Crippen LogP contribution in [0.1, 0.15) is 33.1 Å². The van der Waals surface area contributed by atoms with Crippen molar-refractivity contribution in [3.05, 3.63) is 11.6 Å². The van der Waals surface area contributed by atoms with Crippen LogP contribution < -0.4 is 0 Å². The Morgan fingerprint density at radius 3 is 2.74 bits per heavy atom. The highest BCUT2D eigenvalue weighted by molar-refractivity contribution is 5.83. The van der Waals surface area contributed by atoms with Crippen molar-refractivity contribution in [2.75, 3.05) is 19.6 Å². The maximum atomic E-state index is 12.5. The Morgan fingerprint density at radius 1 is 1.37 bits per heavy atom. The lowest BCUT2D eigenvalue weighted by atomic mass is 9.91. The van der Waals surface area contributed by atoms with Crippen molar-refractivity contribution in [2.45, 2.75) is 39.2 Å². The molecule has 2 atom stereocenters. The minimum absolute atomic E-state index is 0.0247. The summed E-state index contributed by atoms with van der Waals surface area (Å²) in [7, 11) is 0. The van der Waals surface area contributed by atoms with Gasteiger partial charge in [0.1, 0.15) is 6.04 Å². The predicted octanol–water partition coefficient (Wildman–Crippen LogP) is 1.94. The lowest BCUT2D eigenvalue weighted by molar-refractivity contribution is -0.145. The van der Waals surface area contributed by atoms with Gasteiger partial charge in [0, 0.05) is 19.6 Å². The van der Waals surface area contributed by atoms with Crippen LogP contribution in [0.15, 0.2) is 11.6 Å². The van der Waals surface area contributed by atoms with Crippen molar-refractivity contribution < 1.29 is 14.7 Å². The number of carbonyl (C=O) groups is 2. The third-order valence-corrected chi connectivity index (χ3v) is 4.03. The molecule has 0 aliphatic carbocycles. The molecule has 2 aliphatic heterocycles. The summed E-state index contributed by atoms with van der Waals surface area (Å²) in [6, 6.07) is -0.793. The quantitative estimate of drug-likeness (QED) is 0.738. The zero-order chi connectivity index (χ0) is 14.0. The second kappa shape index (κ2) is 5.63. The van der Waals surface area contributed by atoms with E-state index >= 15 is 0 Å². The van der Waals surface area contributed by atoms with Gasteiger partial charge in [0.2, 0.25) is 0 Å². The molecule has 5 heteroatoms. The van der Waals surface area contributed by atoms with Gasteiger partial charge in [-0.2, -0.15) is 0 Å². The number of nitrogens with zero attached hydrogens (tertiary/aromatic N) is 2. The second-order valence-corrected chi connectivity index (χ2v) is 5.64. The molecule has 1 saturated heterocycles. The molecule has 106 valence electrons. The van der Waals surface area contributed by atoms with E-state index in [1.54, 1.807) is 9.80 Å². The molecule has 2 aliphatic rings. The summed E-state index contributed by atoms with van der Waals surface area (Å²) in [6.07, 6.45) is 4.76. The Labute approximate surface area is 113 Å². The summed E-state index contributed by atoms with van der Waals surface area (Å²) < 4.78 is 0.